The normalized spacial score (nSPS) is 14.9. The molecule has 0 fully saturated rings. The van der Waals surface area contributed by atoms with E-state index in [1.807, 2.05) is 6.08 Å². The number of hydrogen-bond donors (Lipinski definition) is 1. The van der Waals surface area contributed by atoms with Crippen molar-refractivity contribution in [2.24, 2.45) is 4.99 Å². The zero-order valence-electron chi connectivity index (χ0n) is 8.99. The number of benzene rings is 1. The molecule has 0 radical (unpaired) electrons. The molecular weight excluding hydrogens is 205 g/mol. The smallest absolute Gasteiger partial charge is 0.123 e. The fourth-order valence-electron chi connectivity index (χ4n) is 1.70. The predicted octanol–water partition coefficient (Wildman–Crippen LogP) is 2.13. The van der Waals surface area contributed by atoms with Crippen LogP contribution >= 0.6 is 0 Å². The molecule has 0 aliphatic carbocycles. The van der Waals surface area contributed by atoms with E-state index in [2.05, 4.69) is 4.99 Å². The van der Waals surface area contributed by atoms with Crippen molar-refractivity contribution < 1.29 is 9.50 Å². The Morgan fingerprint density at radius 2 is 1.94 bits per heavy atom. The second-order valence-corrected chi connectivity index (χ2v) is 3.89. The molecule has 0 aromatic heterocycles. The van der Waals surface area contributed by atoms with E-state index in [0.29, 0.717) is 6.54 Å². The second-order valence-electron chi connectivity index (χ2n) is 3.89. The first-order chi connectivity index (χ1) is 7.78. The van der Waals surface area contributed by atoms with Gasteiger partial charge in [-0.1, -0.05) is 12.1 Å². The molecule has 3 heteroatoms. The van der Waals surface area contributed by atoms with E-state index in [4.69, 9.17) is 5.11 Å². The Balaban J connectivity index is 1.89. The monoisotopic (exact) mass is 219 g/mol. The molecule has 1 aliphatic rings. The average Bonchev–Trinajstić information content (AvgIpc) is 2.76. The van der Waals surface area contributed by atoms with Crippen LogP contribution in [0.3, 0.4) is 0 Å². The summed E-state index contributed by atoms with van der Waals surface area (Å²) in [6.45, 7) is 0.707. The van der Waals surface area contributed by atoms with Crippen molar-refractivity contribution >= 4 is 5.71 Å². The fraction of sp³-hybridized carbons (Fsp3) is 0.308. The van der Waals surface area contributed by atoms with Crippen LogP contribution in [0.15, 0.2) is 40.9 Å². The predicted molar refractivity (Wildman–Crippen MR) is 62.2 cm³/mol. The third-order valence-corrected chi connectivity index (χ3v) is 2.64. The van der Waals surface area contributed by atoms with Gasteiger partial charge in [-0.2, -0.15) is 0 Å². The lowest BCUT2D eigenvalue weighted by molar-refractivity contribution is 0.330. The van der Waals surface area contributed by atoms with Crippen LogP contribution < -0.4 is 0 Å². The van der Waals surface area contributed by atoms with Gasteiger partial charge in [0, 0.05) is 5.71 Å². The van der Waals surface area contributed by atoms with Crippen LogP contribution in [0.1, 0.15) is 12.0 Å². The van der Waals surface area contributed by atoms with Gasteiger partial charge in [-0.25, -0.2) is 4.39 Å². The van der Waals surface area contributed by atoms with Gasteiger partial charge in [0.15, 0.2) is 0 Å². The molecule has 0 spiro atoms. The molecule has 1 N–H and O–H groups in total. The minimum Gasteiger partial charge on any atom is -0.392 e. The third kappa shape index (κ3) is 2.76. The molecule has 1 aromatic rings. The zero-order valence-corrected chi connectivity index (χ0v) is 8.99. The minimum absolute atomic E-state index is 0.0869. The van der Waals surface area contributed by atoms with E-state index in [1.54, 1.807) is 12.1 Å². The quantitative estimate of drug-likeness (QED) is 0.826. The molecule has 2 rings (SSSR count). The fourth-order valence-corrected chi connectivity index (χ4v) is 1.70. The highest BCUT2D eigenvalue weighted by molar-refractivity contribution is 5.97. The summed E-state index contributed by atoms with van der Waals surface area (Å²) in [5, 5.41) is 8.92. The van der Waals surface area contributed by atoms with Gasteiger partial charge in [-0.3, -0.25) is 4.99 Å². The van der Waals surface area contributed by atoms with Crippen molar-refractivity contribution in [2.45, 2.75) is 12.8 Å². The third-order valence-electron chi connectivity index (χ3n) is 2.64. The highest BCUT2D eigenvalue weighted by Gasteiger charge is 2.07. The zero-order chi connectivity index (χ0) is 11.4. The number of rotatable bonds is 4. The van der Waals surface area contributed by atoms with Crippen LogP contribution in [0.5, 0.6) is 0 Å². The molecule has 0 saturated heterocycles. The maximum atomic E-state index is 12.7. The van der Waals surface area contributed by atoms with Gasteiger partial charge in [-0.15, -0.1) is 0 Å². The van der Waals surface area contributed by atoms with E-state index >= 15 is 0 Å². The van der Waals surface area contributed by atoms with Gasteiger partial charge in [0.1, 0.15) is 5.82 Å². The van der Waals surface area contributed by atoms with E-state index in [9.17, 15) is 4.39 Å². The SMILES string of the molecule is OCC1=CC(CCc2ccc(F)cc2)=NC1. The second kappa shape index (κ2) is 5.03. The molecule has 1 aliphatic heterocycles. The number of aliphatic hydroxyl groups is 1. The number of allylic oxidation sites excluding steroid dienone is 1. The Kier molecular flexibility index (Phi) is 3.47. The van der Waals surface area contributed by atoms with Crippen molar-refractivity contribution in [1.29, 1.82) is 0 Å². The summed E-state index contributed by atoms with van der Waals surface area (Å²) < 4.78 is 12.7. The van der Waals surface area contributed by atoms with Crippen molar-refractivity contribution in [3.63, 3.8) is 0 Å². The van der Waals surface area contributed by atoms with E-state index in [-0.39, 0.29) is 12.4 Å². The number of aliphatic imine (C=N–C) groups is 1. The van der Waals surface area contributed by atoms with Gasteiger partial charge >= 0.3 is 0 Å². The molecule has 16 heavy (non-hydrogen) atoms. The van der Waals surface area contributed by atoms with E-state index in [0.717, 1.165) is 29.7 Å². The Labute approximate surface area is 94.1 Å². The number of aryl methyl sites for hydroxylation is 1. The van der Waals surface area contributed by atoms with Crippen LogP contribution in [0.4, 0.5) is 4.39 Å². The summed E-state index contributed by atoms with van der Waals surface area (Å²) in [5.74, 6) is -0.204. The molecule has 2 nitrogen and oxygen atoms in total. The molecule has 0 saturated carbocycles. The molecule has 1 heterocycles. The van der Waals surface area contributed by atoms with Crippen molar-refractivity contribution in [1.82, 2.24) is 0 Å². The first kappa shape index (κ1) is 11.0. The summed E-state index contributed by atoms with van der Waals surface area (Å²) in [6, 6.07) is 6.53. The summed E-state index contributed by atoms with van der Waals surface area (Å²) in [5.41, 5.74) is 3.09. The first-order valence-electron chi connectivity index (χ1n) is 5.36. The lowest BCUT2D eigenvalue weighted by Gasteiger charge is -2.00. The van der Waals surface area contributed by atoms with Crippen molar-refractivity contribution in [3.05, 3.63) is 47.3 Å². The van der Waals surface area contributed by atoms with Gasteiger partial charge in [0.05, 0.1) is 13.2 Å². The summed E-state index contributed by atoms with van der Waals surface area (Å²) >= 11 is 0. The maximum absolute atomic E-state index is 12.7. The minimum atomic E-state index is -0.204. The van der Waals surface area contributed by atoms with E-state index < -0.39 is 0 Å². The standard InChI is InChI=1S/C13H14FNO/c14-12-4-1-10(2-5-12)3-6-13-7-11(9-16)8-15-13/h1-2,4-5,7,16H,3,6,8-9H2. The van der Waals surface area contributed by atoms with Crippen molar-refractivity contribution in [3.8, 4) is 0 Å². The van der Waals surface area contributed by atoms with Gasteiger partial charge in [-0.05, 0) is 42.2 Å². The lowest BCUT2D eigenvalue weighted by Crippen LogP contribution is -1.95. The van der Waals surface area contributed by atoms with Crippen LogP contribution in [0, 0.1) is 5.82 Å². The van der Waals surface area contributed by atoms with Crippen molar-refractivity contribution in [2.75, 3.05) is 13.2 Å². The highest BCUT2D eigenvalue weighted by Crippen LogP contribution is 2.11. The molecule has 0 bridgehead atoms. The van der Waals surface area contributed by atoms with Gasteiger partial charge in [0.2, 0.25) is 0 Å². The van der Waals surface area contributed by atoms with Crippen LogP contribution in [0.25, 0.3) is 0 Å². The number of halogens is 1. The van der Waals surface area contributed by atoms with Crippen LogP contribution in [0.2, 0.25) is 0 Å². The molecule has 0 atom stereocenters. The molecule has 1 aromatic carbocycles. The number of aliphatic hydroxyl groups excluding tert-OH is 1. The summed E-state index contributed by atoms with van der Waals surface area (Å²) in [6.07, 6.45) is 3.65. The summed E-state index contributed by atoms with van der Waals surface area (Å²) in [7, 11) is 0. The summed E-state index contributed by atoms with van der Waals surface area (Å²) in [4.78, 5) is 4.31. The number of nitrogens with zero attached hydrogens (tertiary/aromatic N) is 1. The topological polar surface area (TPSA) is 32.6 Å². The molecule has 0 amide bonds. The largest absolute Gasteiger partial charge is 0.392 e. The maximum Gasteiger partial charge on any atom is 0.123 e. The molecule has 84 valence electrons. The lowest BCUT2D eigenvalue weighted by atomic mass is 10.1. The van der Waals surface area contributed by atoms with Gasteiger partial charge in [0.25, 0.3) is 0 Å². The van der Waals surface area contributed by atoms with Crippen LogP contribution in [-0.2, 0) is 6.42 Å². The van der Waals surface area contributed by atoms with Gasteiger partial charge < -0.3 is 5.11 Å². The van der Waals surface area contributed by atoms with Crippen LogP contribution in [-0.4, -0.2) is 24.0 Å². The Bertz CT molecular complexity index is 420. The first-order valence-corrected chi connectivity index (χ1v) is 5.36. The van der Waals surface area contributed by atoms with E-state index in [1.165, 1.54) is 12.1 Å². The Hall–Kier alpha value is -1.48. The number of hydrogen-bond acceptors (Lipinski definition) is 2. The molecular formula is C13H14FNO. The highest BCUT2D eigenvalue weighted by atomic mass is 19.1. The average molecular weight is 219 g/mol. The Morgan fingerprint density at radius 1 is 1.19 bits per heavy atom. The Morgan fingerprint density at radius 3 is 2.56 bits per heavy atom. The molecule has 0 unspecified atom stereocenters.